The van der Waals surface area contributed by atoms with E-state index in [9.17, 15) is 0 Å². The zero-order valence-corrected chi connectivity index (χ0v) is 13.5. The van der Waals surface area contributed by atoms with Crippen molar-refractivity contribution in [3.63, 3.8) is 0 Å². The van der Waals surface area contributed by atoms with Gasteiger partial charge in [0.25, 0.3) is 0 Å². The van der Waals surface area contributed by atoms with Crippen LogP contribution >= 0.6 is 11.8 Å². The minimum absolute atomic E-state index is 0.503. The third-order valence-electron chi connectivity index (χ3n) is 5.35. The highest BCUT2D eigenvalue weighted by Gasteiger charge is 2.33. The summed E-state index contributed by atoms with van der Waals surface area (Å²) in [5.74, 6) is 2.33. The molecule has 3 rings (SSSR count). The highest BCUT2D eigenvalue weighted by Crippen LogP contribution is 2.34. The molecular formula is C16H30N2S. The first-order valence-corrected chi connectivity index (χ1v) is 9.22. The van der Waals surface area contributed by atoms with E-state index in [2.05, 4.69) is 35.8 Å². The summed E-state index contributed by atoms with van der Waals surface area (Å²) in [6, 6.07) is 1.73. The molecule has 3 heterocycles. The fourth-order valence-electron chi connectivity index (χ4n) is 4.06. The van der Waals surface area contributed by atoms with Gasteiger partial charge >= 0.3 is 0 Å². The Morgan fingerprint density at radius 1 is 1.16 bits per heavy atom. The summed E-state index contributed by atoms with van der Waals surface area (Å²) in [6.45, 7) is 8.79. The molecule has 0 amide bonds. The maximum absolute atomic E-state index is 3.76. The lowest BCUT2D eigenvalue weighted by Gasteiger charge is -2.31. The van der Waals surface area contributed by atoms with E-state index in [0.717, 1.165) is 18.0 Å². The SMILES string of the molecule is CC1(C)CCN(CCC2CC3CCC(C2)N3)CCS1. The van der Waals surface area contributed by atoms with Crippen molar-refractivity contribution < 1.29 is 0 Å². The molecule has 2 nitrogen and oxygen atoms in total. The van der Waals surface area contributed by atoms with Crippen LogP contribution in [0.1, 0.15) is 52.4 Å². The van der Waals surface area contributed by atoms with Gasteiger partial charge in [-0.3, -0.25) is 0 Å². The Kier molecular flexibility index (Phi) is 4.45. The third-order valence-corrected chi connectivity index (χ3v) is 6.73. The zero-order valence-electron chi connectivity index (χ0n) is 12.7. The summed E-state index contributed by atoms with van der Waals surface area (Å²) >= 11 is 2.17. The maximum atomic E-state index is 3.76. The zero-order chi connectivity index (χ0) is 13.3. The molecule has 3 saturated heterocycles. The molecule has 2 unspecified atom stereocenters. The van der Waals surface area contributed by atoms with Crippen LogP contribution in [0.5, 0.6) is 0 Å². The Morgan fingerprint density at radius 2 is 1.89 bits per heavy atom. The van der Waals surface area contributed by atoms with Gasteiger partial charge in [0.1, 0.15) is 0 Å². The van der Waals surface area contributed by atoms with Crippen molar-refractivity contribution in [1.29, 1.82) is 0 Å². The Labute approximate surface area is 123 Å². The topological polar surface area (TPSA) is 15.3 Å². The molecule has 3 heteroatoms. The van der Waals surface area contributed by atoms with Gasteiger partial charge in [-0.2, -0.15) is 11.8 Å². The van der Waals surface area contributed by atoms with Crippen LogP contribution in [-0.4, -0.2) is 47.1 Å². The summed E-state index contributed by atoms with van der Waals surface area (Å²) < 4.78 is 0.503. The van der Waals surface area contributed by atoms with Gasteiger partial charge in [-0.15, -0.1) is 0 Å². The summed E-state index contributed by atoms with van der Waals surface area (Å²) in [5, 5.41) is 3.76. The van der Waals surface area contributed by atoms with Crippen molar-refractivity contribution in [2.24, 2.45) is 5.92 Å². The molecule has 0 radical (unpaired) electrons. The molecule has 2 bridgehead atoms. The van der Waals surface area contributed by atoms with Crippen molar-refractivity contribution in [2.45, 2.75) is 69.2 Å². The van der Waals surface area contributed by atoms with Gasteiger partial charge in [-0.1, -0.05) is 13.8 Å². The molecule has 0 saturated carbocycles. The summed E-state index contributed by atoms with van der Waals surface area (Å²) in [7, 11) is 0. The van der Waals surface area contributed by atoms with Crippen molar-refractivity contribution in [3.8, 4) is 0 Å². The second kappa shape index (κ2) is 5.95. The monoisotopic (exact) mass is 282 g/mol. The minimum atomic E-state index is 0.503. The molecule has 1 N–H and O–H groups in total. The van der Waals surface area contributed by atoms with Gasteiger partial charge in [0, 0.05) is 29.1 Å². The maximum Gasteiger partial charge on any atom is 0.0116 e. The van der Waals surface area contributed by atoms with E-state index in [1.807, 2.05) is 0 Å². The van der Waals surface area contributed by atoms with Gasteiger partial charge in [-0.05, 0) is 57.5 Å². The quantitative estimate of drug-likeness (QED) is 0.856. The minimum Gasteiger partial charge on any atom is -0.311 e. The fourth-order valence-corrected chi connectivity index (χ4v) is 5.20. The van der Waals surface area contributed by atoms with Crippen molar-refractivity contribution in [3.05, 3.63) is 0 Å². The molecule has 0 aromatic carbocycles. The highest BCUT2D eigenvalue weighted by molar-refractivity contribution is 8.00. The lowest BCUT2D eigenvalue weighted by molar-refractivity contribution is 0.223. The van der Waals surface area contributed by atoms with Gasteiger partial charge in [0.05, 0.1) is 0 Å². The van der Waals surface area contributed by atoms with Gasteiger partial charge < -0.3 is 10.2 Å². The number of piperidine rings is 1. The number of fused-ring (bicyclic) bond motifs is 2. The van der Waals surface area contributed by atoms with E-state index in [1.165, 1.54) is 63.9 Å². The Morgan fingerprint density at radius 3 is 2.63 bits per heavy atom. The van der Waals surface area contributed by atoms with Crippen LogP contribution in [0.25, 0.3) is 0 Å². The van der Waals surface area contributed by atoms with Crippen molar-refractivity contribution >= 4 is 11.8 Å². The van der Waals surface area contributed by atoms with Crippen LogP contribution < -0.4 is 5.32 Å². The first-order chi connectivity index (χ1) is 9.11. The molecule has 2 atom stereocenters. The van der Waals surface area contributed by atoms with E-state index >= 15 is 0 Å². The van der Waals surface area contributed by atoms with Crippen LogP contribution in [0.4, 0.5) is 0 Å². The van der Waals surface area contributed by atoms with Crippen LogP contribution in [0.2, 0.25) is 0 Å². The average molecular weight is 282 g/mol. The molecule has 19 heavy (non-hydrogen) atoms. The first kappa shape index (κ1) is 14.2. The normalized spacial score (nSPS) is 39.2. The number of hydrogen-bond donors (Lipinski definition) is 1. The highest BCUT2D eigenvalue weighted by atomic mass is 32.2. The van der Waals surface area contributed by atoms with Crippen molar-refractivity contribution in [2.75, 3.05) is 25.4 Å². The molecule has 3 fully saturated rings. The summed E-state index contributed by atoms with van der Waals surface area (Å²) in [5.41, 5.74) is 0. The Balaban J connectivity index is 1.42. The van der Waals surface area contributed by atoms with Gasteiger partial charge in [0.2, 0.25) is 0 Å². The number of hydrogen-bond acceptors (Lipinski definition) is 3. The molecule has 3 aliphatic heterocycles. The Bertz CT molecular complexity index is 293. The average Bonchev–Trinajstić information content (AvgIpc) is 2.60. The molecule has 3 aliphatic rings. The fraction of sp³-hybridized carbons (Fsp3) is 1.00. The van der Waals surface area contributed by atoms with E-state index in [1.54, 1.807) is 0 Å². The van der Waals surface area contributed by atoms with Crippen LogP contribution in [0, 0.1) is 5.92 Å². The number of rotatable bonds is 3. The van der Waals surface area contributed by atoms with Gasteiger partial charge in [-0.25, -0.2) is 0 Å². The predicted molar refractivity (Wildman–Crippen MR) is 84.9 cm³/mol. The second-order valence-corrected chi connectivity index (χ2v) is 9.27. The lowest BCUT2D eigenvalue weighted by atomic mass is 9.89. The molecule has 0 aromatic rings. The van der Waals surface area contributed by atoms with Crippen molar-refractivity contribution in [1.82, 2.24) is 10.2 Å². The molecule has 110 valence electrons. The molecule has 0 aromatic heterocycles. The van der Waals surface area contributed by atoms with Crippen LogP contribution in [-0.2, 0) is 0 Å². The number of nitrogens with zero attached hydrogens (tertiary/aromatic N) is 1. The molecule has 0 aliphatic carbocycles. The molecule has 0 spiro atoms. The standard InChI is InChI=1S/C16H30N2S/c1-16(2)6-8-18(9-10-19-16)7-5-13-11-14-3-4-15(12-13)17-14/h13-15,17H,3-12H2,1-2H3. The third kappa shape index (κ3) is 3.89. The van der Waals surface area contributed by atoms with Crippen LogP contribution in [0.15, 0.2) is 0 Å². The van der Waals surface area contributed by atoms with E-state index in [-0.39, 0.29) is 0 Å². The summed E-state index contributed by atoms with van der Waals surface area (Å²) in [6.07, 6.45) is 8.58. The number of thioether (sulfide) groups is 1. The van der Waals surface area contributed by atoms with Crippen LogP contribution in [0.3, 0.4) is 0 Å². The summed E-state index contributed by atoms with van der Waals surface area (Å²) in [4.78, 5) is 2.73. The largest absolute Gasteiger partial charge is 0.311 e. The smallest absolute Gasteiger partial charge is 0.0116 e. The Hall–Kier alpha value is 0.270. The molecular weight excluding hydrogens is 252 g/mol. The van der Waals surface area contributed by atoms with E-state index in [4.69, 9.17) is 0 Å². The van der Waals surface area contributed by atoms with Gasteiger partial charge in [0.15, 0.2) is 0 Å². The lowest BCUT2D eigenvalue weighted by Crippen LogP contribution is -2.39. The van der Waals surface area contributed by atoms with E-state index < -0.39 is 0 Å². The number of nitrogens with one attached hydrogen (secondary N) is 1. The van der Waals surface area contributed by atoms with E-state index in [0.29, 0.717) is 4.75 Å². The first-order valence-electron chi connectivity index (χ1n) is 8.23. The second-order valence-electron chi connectivity index (χ2n) is 7.46. The predicted octanol–water partition coefficient (Wildman–Crippen LogP) is 3.12.